The van der Waals surface area contributed by atoms with E-state index in [1.807, 2.05) is 11.8 Å². The normalized spacial score (nSPS) is 32.7. The van der Waals surface area contributed by atoms with E-state index in [1.165, 1.54) is 49.4 Å². The molecule has 0 aromatic carbocycles. The molecule has 0 amide bonds. The molecule has 1 N–H and O–H groups in total. The largest absolute Gasteiger partial charge is 0.362 e. The average Bonchev–Trinajstić information content (AvgIpc) is 2.76. The second-order valence-corrected chi connectivity index (χ2v) is 7.31. The number of hydrogen-bond acceptors (Lipinski definition) is 3. The van der Waals surface area contributed by atoms with Crippen LogP contribution in [0.5, 0.6) is 0 Å². The summed E-state index contributed by atoms with van der Waals surface area (Å²) in [4.78, 5) is 4.83. The topological polar surface area (TPSA) is 24.4 Å². The number of rotatable bonds is 4. The first kappa shape index (κ1) is 14.2. The van der Waals surface area contributed by atoms with E-state index >= 15 is 0 Å². The van der Waals surface area contributed by atoms with Crippen LogP contribution >= 0.6 is 11.8 Å². The molecule has 0 aromatic rings. The van der Waals surface area contributed by atoms with E-state index in [1.54, 1.807) is 0 Å². The molecule has 1 atom stereocenters. The van der Waals surface area contributed by atoms with E-state index in [-0.39, 0.29) is 0 Å². The van der Waals surface area contributed by atoms with Gasteiger partial charge in [-0.15, -0.1) is 0 Å². The third kappa shape index (κ3) is 4.18. The molecular formula is C15H28N2S. The molecule has 18 heavy (non-hydrogen) atoms. The Morgan fingerprint density at radius 3 is 2.61 bits per heavy atom. The maximum absolute atomic E-state index is 4.83. The molecule has 2 rings (SSSR count). The Morgan fingerprint density at radius 1 is 1.28 bits per heavy atom. The van der Waals surface area contributed by atoms with Crippen molar-refractivity contribution in [1.82, 2.24) is 5.32 Å². The predicted octanol–water partition coefficient (Wildman–Crippen LogP) is 4.06. The minimum atomic E-state index is 0.560. The Balaban J connectivity index is 1.74. The molecule has 1 aliphatic heterocycles. The van der Waals surface area contributed by atoms with Crippen LogP contribution in [0.2, 0.25) is 0 Å². The van der Waals surface area contributed by atoms with Crippen molar-refractivity contribution in [3.63, 3.8) is 0 Å². The molecular weight excluding hydrogens is 240 g/mol. The van der Waals surface area contributed by atoms with Crippen LogP contribution in [0.15, 0.2) is 4.99 Å². The first-order valence-corrected chi connectivity index (χ1v) is 8.63. The van der Waals surface area contributed by atoms with Gasteiger partial charge in [0, 0.05) is 11.8 Å². The standard InChI is InChI=1S/C15H28N2S/c1-4-12-5-7-13(8-6-12)16-15-17-14(10-18-15)9-11(2)3/h11-14H,4-10H2,1-3H3,(H,16,17). The molecule has 2 aliphatic rings. The van der Waals surface area contributed by atoms with Crippen molar-refractivity contribution in [2.24, 2.45) is 16.8 Å². The summed E-state index contributed by atoms with van der Waals surface area (Å²) in [6.45, 7) is 6.90. The highest BCUT2D eigenvalue weighted by Gasteiger charge is 2.24. The summed E-state index contributed by atoms with van der Waals surface area (Å²) < 4.78 is 0. The highest BCUT2D eigenvalue weighted by Crippen LogP contribution is 2.28. The molecule has 0 aromatic heterocycles. The minimum Gasteiger partial charge on any atom is -0.362 e. The summed E-state index contributed by atoms with van der Waals surface area (Å²) >= 11 is 1.93. The van der Waals surface area contributed by atoms with Gasteiger partial charge in [0.2, 0.25) is 0 Å². The SMILES string of the molecule is CCC1CCC(NC2=NC(CC(C)C)CS2)CC1. The summed E-state index contributed by atoms with van der Waals surface area (Å²) in [7, 11) is 0. The highest BCUT2D eigenvalue weighted by molar-refractivity contribution is 8.14. The van der Waals surface area contributed by atoms with E-state index in [4.69, 9.17) is 4.99 Å². The first-order chi connectivity index (χ1) is 8.67. The quantitative estimate of drug-likeness (QED) is 0.831. The fourth-order valence-corrected chi connectivity index (χ4v) is 4.08. The van der Waals surface area contributed by atoms with Crippen LogP contribution in [0.25, 0.3) is 0 Å². The molecule has 0 spiro atoms. The van der Waals surface area contributed by atoms with Gasteiger partial charge >= 0.3 is 0 Å². The predicted molar refractivity (Wildman–Crippen MR) is 82.3 cm³/mol. The zero-order valence-corrected chi connectivity index (χ0v) is 12.9. The summed E-state index contributed by atoms with van der Waals surface area (Å²) in [5.41, 5.74) is 0. The summed E-state index contributed by atoms with van der Waals surface area (Å²) in [6, 6.07) is 1.25. The molecule has 1 saturated carbocycles. The van der Waals surface area contributed by atoms with Gasteiger partial charge in [-0.3, -0.25) is 4.99 Å². The molecule has 2 nitrogen and oxygen atoms in total. The lowest BCUT2D eigenvalue weighted by atomic mass is 9.85. The number of amidine groups is 1. The molecule has 1 fully saturated rings. The number of thioether (sulfide) groups is 1. The Labute approximate surface area is 116 Å². The molecule has 0 saturated heterocycles. The lowest BCUT2D eigenvalue weighted by molar-refractivity contribution is 0.306. The summed E-state index contributed by atoms with van der Waals surface area (Å²) in [5.74, 6) is 2.93. The lowest BCUT2D eigenvalue weighted by Gasteiger charge is -2.28. The van der Waals surface area contributed by atoms with Crippen molar-refractivity contribution in [2.75, 3.05) is 5.75 Å². The van der Waals surface area contributed by atoms with E-state index in [9.17, 15) is 0 Å². The van der Waals surface area contributed by atoms with Crippen molar-refractivity contribution in [3.8, 4) is 0 Å². The van der Waals surface area contributed by atoms with Crippen LogP contribution < -0.4 is 5.32 Å². The van der Waals surface area contributed by atoms with Crippen LogP contribution in [0.3, 0.4) is 0 Å². The fraction of sp³-hybridized carbons (Fsp3) is 0.933. The van der Waals surface area contributed by atoms with Gasteiger partial charge in [0.15, 0.2) is 5.17 Å². The molecule has 1 unspecified atom stereocenters. The van der Waals surface area contributed by atoms with Gasteiger partial charge < -0.3 is 5.32 Å². The van der Waals surface area contributed by atoms with E-state index in [0.717, 1.165) is 11.8 Å². The van der Waals surface area contributed by atoms with Gasteiger partial charge in [0.1, 0.15) is 0 Å². The lowest BCUT2D eigenvalue weighted by Crippen LogP contribution is -2.35. The zero-order chi connectivity index (χ0) is 13.0. The number of hydrogen-bond donors (Lipinski definition) is 1. The van der Waals surface area contributed by atoms with Gasteiger partial charge in [-0.05, 0) is 43.9 Å². The second-order valence-electron chi connectivity index (χ2n) is 6.30. The molecule has 3 heteroatoms. The fourth-order valence-electron chi connectivity index (χ4n) is 3.05. The van der Waals surface area contributed by atoms with Crippen molar-refractivity contribution >= 4 is 16.9 Å². The van der Waals surface area contributed by atoms with Crippen LogP contribution in [-0.2, 0) is 0 Å². The maximum atomic E-state index is 4.83. The Kier molecular flexibility index (Phi) is 5.40. The monoisotopic (exact) mass is 268 g/mol. The third-order valence-electron chi connectivity index (χ3n) is 4.21. The van der Waals surface area contributed by atoms with Crippen LogP contribution in [0.4, 0.5) is 0 Å². The third-order valence-corrected chi connectivity index (χ3v) is 5.26. The van der Waals surface area contributed by atoms with Gasteiger partial charge in [-0.2, -0.15) is 0 Å². The van der Waals surface area contributed by atoms with E-state index < -0.39 is 0 Å². The van der Waals surface area contributed by atoms with Crippen molar-refractivity contribution in [3.05, 3.63) is 0 Å². The molecule has 0 bridgehead atoms. The number of aliphatic imine (C=N–C) groups is 1. The highest BCUT2D eigenvalue weighted by atomic mass is 32.2. The maximum Gasteiger partial charge on any atom is 0.157 e. The van der Waals surface area contributed by atoms with Crippen LogP contribution in [0.1, 0.15) is 59.3 Å². The molecule has 1 aliphatic carbocycles. The number of nitrogens with one attached hydrogen (secondary N) is 1. The van der Waals surface area contributed by atoms with Gasteiger partial charge in [-0.25, -0.2) is 0 Å². The second kappa shape index (κ2) is 6.83. The Morgan fingerprint density at radius 2 is 2.00 bits per heavy atom. The Hall–Kier alpha value is -0.180. The molecule has 1 heterocycles. The van der Waals surface area contributed by atoms with Gasteiger partial charge in [0.25, 0.3) is 0 Å². The van der Waals surface area contributed by atoms with Gasteiger partial charge in [0.05, 0.1) is 6.04 Å². The molecule has 0 radical (unpaired) electrons. The van der Waals surface area contributed by atoms with Crippen LogP contribution in [0, 0.1) is 11.8 Å². The van der Waals surface area contributed by atoms with Crippen molar-refractivity contribution in [2.45, 2.75) is 71.4 Å². The van der Waals surface area contributed by atoms with Crippen LogP contribution in [-0.4, -0.2) is 23.0 Å². The average molecular weight is 268 g/mol. The van der Waals surface area contributed by atoms with E-state index in [2.05, 4.69) is 26.1 Å². The van der Waals surface area contributed by atoms with E-state index in [0.29, 0.717) is 12.1 Å². The minimum absolute atomic E-state index is 0.560. The number of nitrogens with zero attached hydrogens (tertiary/aromatic N) is 1. The smallest absolute Gasteiger partial charge is 0.157 e. The summed E-state index contributed by atoms with van der Waals surface area (Å²) in [6.07, 6.45) is 8.09. The summed E-state index contributed by atoms with van der Waals surface area (Å²) in [5, 5.41) is 4.90. The first-order valence-electron chi connectivity index (χ1n) is 7.64. The van der Waals surface area contributed by atoms with Gasteiger partial charge in [-0.1, -0.05) is 39.0 Å². The Bertz CT molecular complexity index is 280. The van der Waals surface area contributed by atoms with Crippen molar-refractivity contribution in [1.29, 1.82) is 0 Å². The zero-order valence-electron chi connectivity index (χ0n) is 12.1. The van der Waals surface area contributed by atoms with Crippen molar-refractivity contribution < 1.29 is 0 Å². The molecule has 104 valence electrons.